The summed E-state index contributed by atoms with van der Waals surface area (Å²) in [4.78, 5) is 46.4. The molecule has 1 aliphatic carbocycles. The average molecular weight is 330 g/mol. The van der Waals surface area contributed by atoms with Crippen LogP contribution in [0, 0.1) is 21.4 Å². The molecule has 0 atom stereocenters. The van der Waals surface area contributed by atoms with Gasteiger partial charge in [0.1, 0.15) is 5.92 Å². The average Bonchev–Trinajstić information content (AvgIpc) is 2.45. The maximum Gasteiger partial charge on any atom is 0.271 e. The van der Waals surface area contributed by atoms with E-state index in [1.54, 1.807) is 6.07 Å². The van der Waals surface area contributed by atoms with Crippen LogP contribution >= 0.6 is 0 Å². The van der Waals surface area contributed by atoms with Gasteiger partial charge in [-0.05, 0) is 17.6 Å². The number of ketones is 3. The van der Waals surface area contributed by atoms with Crippen LogP contribution in [0.5, 0.6) is 0 Å². The smallest absolute Gasteiger partial charge is 0.271 e. The Morgan fingerprint density at radius 2 is 1.92 bits per heavy atom. The summed E-state index contributed by atoms with van der Waals surface area (Å²) in [6.07, 6.45) is 2.79. The van der Waals surface area contributed by atoms with Crippen molar-refractivity contribution in [2.75, 3.05) is 5.32 Å². The van der Waals surface area contributed by atoms with Crippen molar-refractivity contribution in [3.05, 3.63) is 46.7 Å². The summed E-state index contributed by atoms with van der Waals surface area (Å²) in [5.74, 6) is -2.53. The largest absolute Gasteiger partial charge is 0.361 e. The first-order chi connectivity index (χ1) is 11.2. The molecule has 7 heteroatoms. The van der Waals surface area contributed by atoms with Crippen molar-refractivity contribution in [1.82, 2.24) is 0 Å². The predicted octanol–water partition coefficient (Wildman–Crippen LogP) is 2.66. The number of rotatable bonds is 5. The van der Waals surface area contributed by atoms with E-state index in [0.29, 0.717) is 5.69 Å². The first-order valence-electron chi connectivity index (χ1n) is 7.46. The van der Waals surface area contributed by atoms with Crippen LogP contribution in [0.4, 0.5) is 11.4 Å². The zero-order chi connectivity index (χ0) is 17.9. The van der Waals surface area contributed by atoms with Gasteiger partial charge in [-0.3, -0.25) is 24.5 Å². The van der Waals surface area contributed by atoms with Crippen LogP contribution in [-0.2, 0) is 14.4 Å². The normalized spacial score (nSPS) is 17.9. The SMILES string of the molecule is CC1(C)CC(=O)C(C(=O)/C=C\Nc2cccc([N+](=O)[O-])c2)C(=O)C1. The number of allylic oxidation sites excluding steroid dienone is 1. The minimum atomic E-state index is -1.24. The van der Waals surface area contributed by atoms with Gasteiger partial charge in [0, 0.05) is 36.9 Å². The van der Waals surface area contributed by atoms with Crippen LogP contribution < -0.4 is 5.32 Å². The third-order valence-electron chi connectivity index (χ3n) is 3.79. The molecule has 1 aromatic carbocycles. The van der Waals surface area contributed by atoms with Crippen LogP contribution in [0.3, 0.4) is 0 Å². The number of hydrogen-bond acceptors (Lipinski definition) is 6. The van der Waals surface area contributed by atoms with Gasteiger partial charge in [0.15, 0.2) is 17.3 Å². The molecule has 0 spiro atoms. The third-order valence-corrected chi connectivity index (χ3v) is 3.79. The third kappa shape index (κ3) is 4.13. The van der Waals surface area contributed by atoms with E-state index in [1.807, 2.05) is 13.8 Å². The number of benzene rings is 1. The molecule has 0 heterocycles. The highest BCUT2D eigenvalue weighted by Gasteiger charge is 2.42. The van der Waals surface area contributed by atoms with E-state index < -0.39 is 22.0 Å². The molecule has 0 unspecified atom stereocenters. The van der Waals surface area contributed by atoms with Crippen molar-refractivity contribution in [2.24, 2.45) is 11.3 Å². The minimum Gasteiger partial charge on any atom is -0.361 e. The van der Waals surface area contributed by atoms with E-state index in [1.165, 1.54) is 24.4 Å². The Kier molecular flexibility index (Phi) is 4.92. The number of Topliss-reactive ketones (excluding diaryl/α,β-unsaturated/α-hetero) is 2. The molecule has 0 radical (unpaired) electrons. The van der Waals surface area contributed by atoms with E-state index in [-0.39, 0.29) is 30.1 Å². The summed E-state index contributed by atoms with van der Waals surface area (Å²) in [7, 11) is 0. The molecule has 0 aliphatic heterocycles. The van der Waals surface area contributed by atoms with Crippen LogP contribution in [0.25, 0.3) is 0 Å². The number of hydrogen-bond donors (Lipinski definition) is 1. The summed E-state index contributed by atoms with van der Waals surface area (Å²) in [6, 6.07) is 5.77. The lowest BCUT2D eigenvalue weighted by atomic mass is 9.70. The summed E-state index contributed by atoms with van der Waals surface area (Å²) in [5, 5.41) is 13.4. The maximum atomic E-state index is 12.1. The van der Waals surface area contributed by atoms with E-state index in [9.17, 15) is 24.5 Å². The number of nitrogens with one attached hydrogen (secondary N) is 1. The number of carbonyl (C=O) groups excluding carboxylic acids is 3. The molecule has 0 bridgehead atoms. The standard InChI is InChI=1S/C17H18N2O5/c1-17(2)9-14(21)16(15(22)10-17)13(20)6-7-18-11-4-3-5-12(8-11)19(23)24/h3-8,16,18H,9-10H2,1-2H3/b7-6-. The minimum absolute atomic E-state index is 0.0837. The van der Waals surface area contributed by atoms with Gasteiger partial charge < -0.3 is 5.32 Å². The van der Waals surface area contributed by atoms with E-state index in [4.69, 9.17) is 0 Å². The molecule has 7 nitrogen and oxygen atoms in total. The summed E-state index contributed by atoms with van der Waals surface area (Å²) >= 11 is 0. The van der Waals surface area contributed by atoms with Gasteiger partial charge >= 0.3 is 0 Å². The Labute approximate surface area is 138 Å². The van der Waals surface area contributed by atoms with E-state index in [0.717, 1.165) is 6.08 Å². The topological polar surface area (TPSA) is 106 Å². The molecule has 2 rings (SSSR count). The van der Waals surface area contributed by atoms with Crippen molar-refractivity contribution in [2.45, 2.75) is 26.7 Å². The van der Waals surface area contributed by atoms with Crippen molar-refractivity contribution in [3.8, 4) is 0 Å². The van der Waals surface area contributed by atoms with Crippen molar-refractivity contribution < 1.29 is 19.3 Å². The Balaban J connectivity index is 2.03. The molecule has 1 aliphatic rings. The highest BCUT2D eigenvalue weighted by atomic mass is 16.6. The molecule has 1 aromatic rings. The molecule has 1 saturated carbocycles. The molecule has 0 aromatic heterocycles. The Morgan fingerprint density at radius 3 is 2.50 bits per heavy atom. The highest BCUT2D eigenvalue weighted by molar-refractivity contribution is 6.23. The van der Waals surface area contributed by atoms with Crippen molar-refractivity contribution >= 4 is 28.7 Å². The zero-order valence-electron chi connectivity index (χ0n) is 13.4. The van der Waals surface area contributed by atoms with Crippen LogP contribution in [0.2, 0.25) is 0 Å². The second kappa shape index (κ2) is 6.74. The second-order valence-corrected chi connectivity index (χ2v) is 6.57. The fourth-order valence-corrected chi connectivity index (χ4v) is 2.73. The highest BCUT2D eigenvalue weighted by Crippen LogP contribution is 2.34. The van der Waals surface area contributed by atoms with E-state index in [2.05, 4.69) is 5.32 Å². The lowest BCUT2D eigenvalue weighted by Crippen LogP contribution is -2.41. The summed E-state index contributed by atoms with van der Waals surface area (Å²) in [5.41, 5.74) is -0.0640. The van der Waals surface area contributed by atoms with Crippen molar-refractivity contribution in [1.29, 1.82) is 0 Å². The summed E-state index contributed by atoms with van der Waals surface area (Å²) in [6.45, 7) is 3.65. The lowest BCUT2D eigenvalue weighted by Gasteiger charge is -2.30. The maximum absolute atomic E-state index is 12.1. The van der Waals surface area contributed by atoms with Gasteiger partial charge in [0.05, 0.1) is 4.92 Å². The number of anilines is 1. The monoisotopic (exact) mass is 330 g/mol. The van der Waals surface area contributed by atoms with Crippen LogP contribution in [0.15, 0.2) is 36.5 Å². The second-order valence-electron chi connectivity index (χ2n) is 6.57. The van der Waals surface area contributed by atoms with Crippen LogP contribution in [0.1, 0.15) is 26.7 Å². The van der Waals surface area contributed by atoms with Crippen LogP contribution in [-0.4, -0.2) is 22.3 Å². The van der Waals surface area contributed by atoms with Gasteiger partial charge in [-0.2, -0.15) is 0 Å². The molecule has 0 amide bonds. The molecule has 24 heavy (non-hydrogen) atoms. The molecule has 0 saturated heterocycles. The van der Waals surface area contributed by atoms with Gasteiger partial charge in [-0.15, -0.1) is 0 Å². The number of nitro benzene ring substituents is 1. The first kappa shape index (κ1) is 17.5. The number of carbonyl (C=O) groups is 3. The van der Waals surface area contributed by atoms with Gasteiger partial charge in [-0.25, -0.2) is 0 Å². The quantitative estimate of drug-likeness (QED) is 0.385. The zero-order valence-corrected chi connectivity index (χ0v) is 13.4. The molecular formula is C17H18N2O5. The Morgan fingerprint density at radius 1 is 1.29 bits per heavy atom. The molecule has 126 valence electrons. The fourth-order valence-electron chi connectivity index (χ4n) is 2.73. The Bertz CT molecular complexity index is 716. The molecule has 1 fully saturated rings. The number of nitrogens with zero attached hydrogens (tertiary/aromatic N) is 1. The predicted molar refractivity (Wildman–Crippen MR) is 87.4 cm³/mol. The molecular weight excluding hydrogens is 312 g/mol. The number of nitro groups is 1. The van der Waals surface area contributed by atoms with Gasteiger partial charge in [-0.1, -0.05) is 19.9 Å². The van der Waals surface area contributed by atoms with Gasteiger partial charge in [0.25, 0.3) is 5.69 Å². The van der Waals surface area contributed by atoms with Crippen molar-refractivity contribution in [3.63, 3.8) is 0 Å². The lowest BCUT2D eigenvalue weighted by molar-refractivity contribution is -0.384. The fraction of sp³-hybridized carbons (Fsp3) is 0.353. The molecule has 1 N–H and O–H groups in total. The van der Waals surface area contributed by atoms with Gasteiger partial charge in [0.2, 0.25) is 0 Å². The first-order valence-corrected chi connectivity index (χ1v) is 7.46. The Hall–Kier alpha value is -2.83. The number of non-ortho nitro benzene ring substituents is 1. The van der Waals surface area contributed by atoms with E-state index >= 15 is 0 Å². The summed E-state index contributed by atoms with van der Waals surface area (Å²) < 4.78 is 0.